The van der Waals surface area contributed by atoms with Crippen LogP contribution < -0.4 is 0 Å². The summed E-state index contributed by atoms with van der Waals surface area (Å²) in [6.45, 7) is 4.72. The third kappa shape index (κ3) is 0.956. The maximum atomic E-state index is 6.79. The lowest BCUT2D eigenvalue weighted by atomic mass is 9.85. The van der Waals surface area contributed by atoms with E-state index in [-0.39, 0.29) is 0 Å². The van der Waals surface area contributed by atoms with E-state index in [1.54, 1.807) is 5.57 Å². The van der Waals surface area contributed by atoms with Crippen molar-refractivity contribution in [2.75, 3.05) is 0 Å². The van der Waals surface area contributed by atoms with Crippen LogP contribution in [0.15, 0.2) is 11.6 Å². The predicted octanol–water partition coefficient (Wildman–Crippen LogP) is 4.32. The Bertz CT molecular complexity index is 302. The molecule has 78 valence electrons. The first-order valence-electron chi connectivity index (χ1n) is 5.94. The highest BCUT2D eigenvalue weighted by molar-refractivity contribution is 7.21. The van der Waals surface area contributed by atoms with Gasteiger partial charge in [-0.1, -0.05) is 24.7 Å². The van der Waals surface area contributed by atoms with E-state index in [1.807, 2.05) is 0 Å². The molecule has 2 fully saturated rings. The minimum Gasteiger partial charge on any atom is -0.167 e. The Hall–Kier alpha value is 0.247. The van der Waals surface area contributed by atoms with Gasteiger partial charge in [-0.3, -0.25) is 0 Å². The van der Waals surface area contributed by atoms with Crippen LogP contribution in [0.3, 0.4) is 0 Å². The SMILES string of the molecule is C[Si](C)(Cl)C12CCC(C1)C1CCC=C12. The zero-order valence-corrected chi connectivity index (χ0v) is 10.9. The molecule has 0 nitrogen and oxygen atoms in total. The Balaban J connectivity index is 2.08. The summed E-state index contributed by atoms with van der Waals surface area (Å²) in [5.41, 5.74) is 1.81. The summed E-state index contributed by atoms with van der Waals surface area (Å²) in [5, 5.41) is 0.514. The molecule has 0 heterocycles. The molecule has 0 saturated heterocycles. The number of fused-ring (bicyclic) bond motifs is 5. The molecule has 0 N–H and O–H groups in total. The van der Waals surface area contributed by atoms with Gasteiger partial charge in [0.15, 0.2) is 7.38 Å². The smallest absolute Gasteiger partial charge is 0.160 e. The minimum absolute atomic E-state index is 0.514. The lowest BCUT2D eigenvalue weighted by Crippen LogP contribution is -2.36. The molecule has 0 radical (unpaired) electrons. The van der Waals surface area contributed by atoms with E-state index in [4.69, 9.17) is 11.1 Å². The van der Waals surface area contributed by atoms with Crippen LogP contribution in [-0.4, -0.2) is 7.38 Å². The monoisotopic (exact) mass is 226 g/mol. The highest BCUT2D eigenvalue weighted by Gasteiger charge is 2.61. The highest BCUT2D eigenvalue weighted by Crippen LogP contribution is 2.72. The molecule has 3 unspecified atom stereocenters. The lowest BCUT2D eigenvalue weighted by molar-refractivity contribution is 0.404. The minimum atomic E-state index is -1.51. The number of hydrogen-bond acceptors (Lipinski definition) is 0. The first-order chi connectivity index (χ1) is 6.55. The van der Waals surface area contributed by atoms with Crippen LogP contribution >= 0.6 is 11.1 Å². The molecule has 2 bridgehead atoms. The molecule has 0 aromatic rings. The molecular weight excluding hydrogens is 208 g/mol. The largest absolute Gasteiger partial charge is 0.167 e. The van der Waals surface area contributed by atoms with Gasteiger partial charge in [-0.05, 0) is 43.9 Å². The number of allylic oxidation sites excluding steroid dienone is 2. The second-order valence-electron chi connectivity index (χ2n) is 5.90. The maximum absolute atomic E-state index is 6.79. The Kier molecular flexibility index (Phi) is 1.81. The van der Waals surface area contributed by atoms with Crippen molar-refractivity contribution in [1.29, 1.82) is 0 Å². The van der Waals surface area contributed by atoms with Crippen molar-refractivity contribution < 1.29 is 0 Å². The van der Waals surface area contributed by atoms with E-state index >= 15 is 0 Å². The van der Waals surface area contributed by atoms with Crippen LogP contribution in [0.4, 0.5) is 0 Å². The van der Waals surface area contributed by atoms with Gasteiger partial charge in [-0.15, -0.1) is 0 Å². The second-order valence-corrected chi connectivity index (χ2v) is 12.6. The number of halogens is 1. The van der Waals surface area contributed by atoms with Crippen LogP contribution in [0.1, 0.15) is 32.1 Å². The fourth-order valence-corrected chi connectivity index (χ4v) is 7.64. The Labute approximate surface area is 92.4 Å². The average Bonchev–Trinajstić information content (AvgIpc) is 2.74. The molecule has 0 amide bonds. The fourth-order valence-electron chi connectivity index (χ4n) is 4.34. The molecule has 2 saturated carbocycles. The maximum Gasteiger partial charge on any atom is 0.160 e. The van der Waals surface area contributed by atoms with E-state index < -0.39 is 7.38 Å². The van der Waals surface area contributed by atoms with Crippen molar-refractivity contribution in [1.82, 2.24) is 0 Å². The Morgan fingerprint density at radius 1 is 1.43 bits per heavy atom. The van der Waals surface area contributed by atoms with Crippen LogP contribution in [0.2, 0.25) is 18.1 Å². The van der Waals surface area contributed by atoms with Crippen molar-refractivity contribution >= 4 is 18.5 Å². The molecule has 14 heavy (non-hydrogen) atoms. The second kappa shape index (κ2) is 2.68. The lowest BCUT2D eigenvalue weighted by Gasteiger charge is -2.39. The molecule has 2 heteroatoms. The summed E-state index contributed by atoms with van der Waals surface area (Å²) in [5.74, 6) is 1.96. The summed E-state index contributed by atoms with van der Waals surface area (Å²) >= 11 is 6.79. The molecule has 0 aromatic carbocycles. The molecule has 0 aliphatic heterocycles. The Morgan fingerprint density at radius 3 is 2.93 bits per heavy atom. The van der Waals surface area contributed by atoms with Gasteiger partial charge in [-0.2, -0.15) is 11.1 Å². The topological polar surface area (TPSA) is 0 Å². The van der Waals surface area contributed by atoms with E-state index in [2.05, 4.69) is 19.2 Å². The van der Waals surface area contributed by atoms with Gasteiger partial charge in [0.1, 0.15) is 0 Å². The Morgan fingerprint density at radius 2 is 2.21 bits per heavy atom. The van der Waals surface area contributed by atoms with Crippen molar-refractivity contribution in [3.63, 3.8) is 0 Å². The normalized spacial score (nSPS) is 45.5. The molecule has 3 rings (SSSR count). The van der Waals surface area contributed by atoms with Crippen LogP contribution in [0, 0.1) is 11.8 Å². The van der Waals surface area contributed by atoms with E-state index in [0.717, 1.165) is 11.8 Å². The standard InChI is InChI=1S/C12H19ClSi/c1-14(2,13)12-7-6-9(8-12)10-4-3-5-11(10)12/h5,9-10H,3-4,6-8H2,1-2H3. The van der Waals surface area contributed by atoms with Gasteiger partial charge in [0, 0.05) is 5.04 Å². The summed E-state index contributed by atoms with van der Waals surface area (Å²) in [6.07, 6.45) is 9.61. The van der Waals surface area contributed by atoms with Crippen LogP contribution in [0.25, 0.3) is 0 Å². The van der Waals surface area contributed by atoms with Gasteiger partial charge in [0.2, 0.25) is 0 Å². The first-order valence-corrected chi connectivity index (χ1v) is 9.95. The van der Waals surface area contributed by atoms with Gasteiger partial charge in [0.05, 0.1) is 0 Å². The first kappa shape index (κ1) is 9.47. The van der Waals surface area contributed by atoms with Crippen LogP contribution in [0.5, 0.6) is 0 Å². The van der Waals surface area contributed by atoms with Gasteiger partial charge in [-0.25, -0.2) is 0 Å². The van der Waals surface area contributed by atoms with Crippen LogP contribution in [-0.2, 0) is 0 Å². The molecule has 0 aromatic heterocycles. The molecule has 3 aliphatic carbocycles. The summed E-state index contributed by atoms with van der Waals surface area (Å²) in [6, 6.07) is 0. The molecule has 3 atom stereocenters. The van der Waals surface area contributed by atoms with E-state index in [0.29, 0.717) is 5.04 Å². The van der Waals surface area contributed by atoms with Gasteiger partial charge >= 0.3 is 0 Å². The summed E-state index contributed by atoms with van der Waals surface area (Å²) in [4.78, 5) is 0. The zero-order valence-electron chi connectivity index (χ0n) is 9.15. The average molecular weight is 227 g/mol. The third-order valence-electron chi connectivity index (χ3n) is 5.05. The van der Waals surface area contributed by atoms with Gasteiger partial charge in [0.25, 0.3) is 0 Å². The van der Waals surface area contributed by atoms with Crippen molar-refractivity contribution in [3.05, 3.63) is 11.6 Å². The van der Waals surface area contributed by atoms with Crippen molar-refractivity contribution in [2.24, 2.45) is 11.8 Å². The quantitative estimate of drug-likeness (QED) is 0.355. The molecular formula is C12H19ClSi. The highest BCUT2D eigenvalue weighted by atomic mass is 35.6. The molecule has 0 spiro atoms. The summed E-state index contributed by atoms with van der Waals surface area (Å²) < 4.78 is 0. The zero-order chi connectivity index (χ0) is 9.97. The molecule has 3 aliphatic rings. The van der Waals surface area contributed by atoms with Gasteiger partial charge < -0.3 is 0 Å². The number of hydrogen-bond donors (Lipinski definition) is 0. The van der Waals surface area contributed by atoms with E-state index in [9.17, 15) is 0 Å². The van der Waals surface area contributed by atoms with Crippen molar-refractivity contribution in [2.45, 2.75) is 50.2 Å². The fraction of sp³-hybridized carbons (Fsp3) is 0.833. The third-order valence-corrected chi connectivity index (χ3v) is 9.16. The van der Waals surface area contributed by atoms with Crippen molar-refractivity contribution in [3.8, 4) is 0 Å². The summed E-state index contributed by atoms with van der Waals surface area (Å²) in [7, 11) is -1.51. The van der Waals surface area contributed by atoms with E-state index in [1.165, 1.54) is 32.1 Å². The predicted molar refractivity (Wildman–Crippen MR) is 64.2 cm³/mol. The number of rotatable bonds is 1.